The van der Waals surface area contributed by atoms with E-state index in [4.69, 9.17) is 0 Å². The molecule has 3 aromatic rings. The number of aromatic nitrogens is 4. The van der Waals surface area contributed by atoms with Gasteiger partial charge in [0.05, 0.1) is 23.8 Å². The molecule has 0 atom stereocenters. The summed E-state index contributed by atoms with van der Waals surface area (Å²) < 4.78 is 15.5. The zero-order valence-electron chi connectivity index (χ0n) is 20.7. The van der Waals surface area contributed by atoms with Gasteiger partial charge in [0, 0.05) is 36.9 Å². The van der Waals surface area contributed by atoms with Crippen molar-refractivity contribution in [3.05, 3.63) is 42.2 Å². The largest absolute Gasteiger partial charge is 0.465 e. The van der Waals surface area contributed by atoms with Gasteiger partial charge in [0.15, 0.2) is 17.2 Å². The molecule has 0 radical (unpaired) electrons. The molecule has 3 heterocycles. The Kier molecular flexibility index (Phi) is 7.06. The Labute approximate surface area is 213 Å². The smallest absolute Gasteiger partial charge is 0.407 e. The molecule has 5 rings (SSSR count). The van der Waals surface area contributed by atoms with Crippen molar-refractivity contribution in [2.45, 2.75) is 70.0 Å². The van der Waals surface area contributed by atoms with Crippen molar-refractivity contribution < 1.29 is 19.1 Å². The first-order valence-corrected chi connectivity index (χ1v) is 12.7. The monoisotopic (exact) mass is 510 g/mol. The number of nitrogens with zero attached hydrogens (tertiary/aromatic N) is 5. The van der Waals surface area contributed by atoms with Crippen molar-refractivity contribution in [1.29, 1.82) is 0 Å². The number of carbonyl (C=O) groups excluding carboxylic acids is 1. The number of carboxylic acid groups (broad SMARTS) is 1. The molecule has 2 amide bonds. The lowest BCUT2D eigenvalue weighted by Gasteiger charge is -2.35. The number of hydrogen-bond acceptors (Lipinski definition) is 7. The van der Waals surface area contributed by atoms with E-state index in [1.807, 2.05) is 13.0 Å². The average Bonchev–Trinajstić information content (AvgIpc) is 3.59. The second-order valence-corrected chi connectivity index (χ2v) is 9.68. The van der Waals surface area contributed by atoms with Crippen molar-refractivity contribution in [3.8, 4) is 0 Å². The lowest BCUT2D eigenvalue weighted by Crippen LogP contribution is -2.43. The zero-order chi connectivity index (χ0) is 25.9. The fraction of sp³-hybridized carbons (Fsp3) is 0.480. The number of anilines is 3. The van der Waals surface area contributed by atoms with Gasteiger partial charge < -0.3 is 26.0 Å². The van der Waals surface area contributed by atoms with Crippen LogP contribution >= 0.6 is 0 Å². The number of halogens is 1. The summed E-state index contributed by atoms with van der Waals surface area (Å²) in [4.78, 5) is 34.3. The van der Waals surface area contributed by atoms with E-state index < -0.39 is 17.8 Å². The van der Waals surface area contributed by atoms with Gasteiger partial charge in [-0.15, -0.1) is 5.10 Å². The molecule has 2 aliphatic carbocycles. The van der Waals surface area contributed by atoms with E-state index >= 15 is 0 Å². The Hall–Kier alpha value is -3.96. The maximum absolute atomic E-state index is 14.0. The fourth-order valence-corrected chi connectivity index (χ4v) is 4.83. The van der Waals surface area contributed by atoms with Crippen LogP contribution in [0.3, 0.4) is 0 Å². The SMILES string of the molecule is CCCN(C(=O)O)C1CCC(Nc2cc(NC3CC3)c3ncc(C(=O)Nc4ccncc4F)n3n2)CC1. The van der Waals surface area contributed by atoms with E-state index in [1.54, 1.807) is 4.90 Å². The molecular formula is C25H31FN8O3. The number of imidazole rings is 1. The van der Waals surface area contributed by atoms with Gasteiger partial charge in [0.1, 0.15) is 5.82 Å². The average molecular weight is 511 g/mol. The van der Waals surface area contributed by atoms with Crippen LogP contribution < -0.4 is 16.0 Å². The van der Waals surface area contributed by atoms with Crippen molar-refractivity contribution in [2.75, 3.05) is 22.5 Å². The van der Waals surface area contributed by atoms with Crippen molar-refractivity contribution in [3.63, 3.8) is 0 Å². The molecule has 0 aromatic carbocycles. The number of fused-ring (bicyclic) bond motifs is 1. The molecule has 37 heavy (non-hydrogen) atoms. The molecule has 4 N–H and O–H groups in total. The summed E-state index contributed by atoms with van der Waals surface area (Å²) in [6.07, 6.45) is 9.08. The van der Waals surface area contributed by atoms with Crippen molar-refractivity contribution >= 4 is 34.8 Å². The summed E-state index contributed by atoms with van der Waals surface area (Å²) in [7, 11) is 0. The highest BCUT2D eigenvalue weighted by Gasteiger charge is 2.29. The van der Waals surface area contributed by atoms with Crippen LogP contribution in [-0.4, -0.2) is 66.3 Å². The van der Waals surface area contributed by atoms with E-state index in [9.17, 15) is 19.1 Å². The van der Waals surface area contributed by atoms with Crippen LogP contribution in [0, 0.1) is 5.82 Å². The Morgan fingerprint density at radius 3 is 2.51 bits per heavy atom. The summed E-state index contributed by atoms with van der Waals surface area (Å²) in [5.41, 5.74) is 1.48. The van der Waals surface area contributed by atoms with Crippen LogP contribution in [0.25, 0.3) is 5.65 Å². The van der Waals surface area contributed by atoms with Crippen LogP contribution in [0.4, 0.5) is 26.4 Å². The van der Waals surface area contributed by atoms with Crippen LogP contribution in [0.2, 0.25) is 0 Å². The topological polar surface area (TPSA) is 137 Å². The van der Waals surface area contributed by atoms with E-state index in [-0.39, 0.29) is 23.5 Å². The minimum Gasteiger partial charge on any atom is -0.465 e. The third kappa shape index (κ3) is 5.57. The van der Waals surface area contributed by atoms with Crippen LogP contribution in [-0.2, 0) is 0 Å². The molecule has 0 aliphatic heterocycles. The predicted octanol–water partition coefficient (Wildman–Crippen LogP) is 4.20. The first kappa shape index (κ1) is 24.7. The highest BCUT2D eigenvalue weighted by Crippen LogP contribution is 2.30. The standard InChI is InChI=1S/C25H31FN8O3/c1-2-11-33(25(36)37)17-7-5-16(6-8-17)30-22-12-20(29-15-3-4-15)23-28-14-21(34(23)32-22)24(35)31-19-9-10-27-13-18(19)26/h9-10,12-17,29H,2-8,11H2,1H3,(H,30,32)(H,36,37)(H,27,31,35). The van der Waals surface area contributed by atoms with Crippen molar-refractivity contribution in [1.82, 2.24) is 24.5 Å². The van der Waals surface area contributed by atoms with Gasteiger partial charge in [0.25, 0.3) is 5.91 Å². The Balaban J connectivity index is 1.35. The van der Waals surface area contributed by atoms with Gasteiger partial charge in [-0.05, 0) is 51.0 Å². The summed E-state index contributed by atoms with van der Waals surface area (Å²) >= 11 is 0. The minimum atomic E-state index is -0.862. The molecule has 0 saturated heterocycles. The lowest BCUT2D eigenvalue weighted by atomic mass is 9.90. The summed E-state index contributed by atoms with van der Waals surface area (Å²) in [6, 6.07) is 3.79. The molecule has 0 unspecified atom stereocenters. The van der Waals surface area contributed by atoms with Crippen molar-refractivity contribution in [2.24, 2.45) is 0 Å². The Morgan fingerprint density at radius 2 is 1.84 bits per heavy atom. The lowest BCUT2D eigenvalue weighted by molar-refractivity contribution is 0.101. The number of hydrogen-bond donors (Lipinski definition) is 4. The maximum atomic E-state index is 14.0. The van der Waals surface area contributed by atoms with E-state index in [1.165, 1.54) is 23.0 Å². The van der Waals surface area contributed by atoms with E-state index in [0.717, 1.165) is 56.8 Å². The molecule has 12 heteroatoms. The molecule has 0 spiro atoms. The molecular weight excluding hydrogens is 479 g/mol. The van der Waals surface area contributed by atoms with E-state index in [0.29, 0.717) is 24.1 Å². The van der Waals surface area contributed by atoms with Crippen LogP contribution in [0.1, 0.15) is 62.4 Å². The maximum Gasteiger partial charge on any atom is 0.407 e. The first-order valence-electron chi connectivity index (χ1n) is 12.7. The molecule has 196 valence electrons. The first-order chi connectivity index (χ1) is 17.9. The third-order valence-electron chi connectivity index (χ3n) is 6.86. The number of amides is 2. The number of nitrogens with one attached hydrogen (secondary N) is 3. The van der Waals surface area contributed by atoms with Gasteiger partial charge in [-0.1, -0.05) is 6.92 Å². The number of rotatable bonds is 9. The van der Waals surface area contributed by atoms with Gasteiger partial charge in [-0.25, -0.2) is 18.7 Å². The molecule has 11 nitrogen and oxygen atoms in total. The second-order valence-electron chi connectivity index (χ2n) is 9.68. The van der Waals surface area contributed by atoms with Gasteiger partial charge in [0.2, 0.25) is 0 Å². The summed E-state index contributed by atoms with van der Waals surface area (Å²) in [6.45, 7) is 2.53. The molecule has 2 aliphatic rings. The molecule has 3 aromatic heterocycles. The highest BCUT2D eigenvalue weighted by molar-refractivity contribution is 6.03. The second kappa shape index (κ2) is 10.6. The van der Waals surface area contributed by atoms with E-state index in [2.05, 4.69) is 31.0 Å². The van der Waals surface area contributed by atoms with Gasteiger partial charge in [-0.2, -0.15) is 0 Å². The summed E-state index contributed by atoms with van der Waals surface area (Å²) in [5, 5.41) is 23.7. The van der Waals surface area contributed by atoms with Crippen LogP contribution in [0.5, 0.6) is 0 Å². The predicted molar refractivity (Wildman–Crippen MR) is 136 cm³/mol. The van der Waals surface area contributed by atoms with Crippen LogP contribution in [0.15, 0.2) is 30.7 Å². The fourth-order valence-electron chi connectivity index (χ4n) is 4.83. The summed E-state index contributed by atoms with van der Waals surface area (Å²) in [5.74, 6) is -0.582. The number of pyridine rings is 1. The third-order valence-corrected chi connectivity index (χ3v) is 6.86. The minimum absolute atomic E-state index is 0.0237. The highest BCUT2D eigenvalue weighted by atomic mass is 19.1. The Bertz CT molecular complexity index is 1290. The number of carbonyl (C=O) groups is 2. The van der Waals surface area contributed by atoms with Gasteiger partial charge in [-0.3, -0.25) is 9.78 Å². The molecule has 2 fully saturated rings. The zero-order valence-corrected chi connectivity index (χ0v) is 20.7. The quantitative estimate of drug-likeness (QED) is 0.336. The normalized spacial score (nSPS) is 19.4. The molecule has 0 bridgehead atoms. The Morgan fingerprint density at radius 1 is 1.11 bits per heavy atom. The van der Waals surface area contributed by atoms with Gasteiger partial charge >= 0.3 is 6.09 Å². The molecule has 2 saturated carbocycles.